The fourth-order valence-electron chi connectivity index (χ4n) is 2.60. The maximum Gasteiger partial charge on any atom is 0.223 e. The summed E-state index contributed by atoms with van der Waals surface area (Å²) in [6.45, 7) is 2.52. The molecular formula is C18H25FN2O2. The van der Waals surface area contributed by atoms with Gasteiger partial charge in [0.2, 0.25) is 11.8 Å². The van der Waals surface area contributed by atoms with Crippen LogP contribution in [0.15, 0.2) is 24.3 Å². The molecule has 1 aromatic rings. The van der Waals surface area contributed by atoms with Crippen molar-refractivity contribution in [2.24, 2.45) is 0 Å². The van der Waals surface area contributed by atoms with Crippen molar-refractivity contribution < 1.29 is 14.0 Å². The number of unbranched alkanes of at least 4 members (excludes halogenated alkanes) is 2. The number of rotatable bonds is 9. The maximum atomic E-state index is 13.8. The molecule has 1 aliphatic carbocycles. The Balaban J connectivity index is 1.76. The SMILES string of the molecule is CC(=O)NCCCCCC(=O)N(Cc1ccccc1F)C1CC1. The largest absolute Gasteiger partial charge is 0.356 e. The zero-order valence-electron chi connectivity index (χ0n) is 13.7. The molecule has 1 aliphatic rings. The Bertz CT molecular complexity index is 544. The summed E-state index contributed by atoms with van der Waals surface area (Å²) >= 11 is 0. The molecule has 0 aromatic heterocycles. The third-order valence-electron chi connectivity index (χ3n) is 4.05. The number of carbonyl (C=O) groups is 2. The quantitative estimate of drug-likeness (QED) is 0.711. The lowest BCUT2D eigenvalue weighted by molar-refractivity contribution is -0.132. The second-order valence-electron chi connectivity index (χ2n) is 6.14. The van der Waals surface area contributed by atoms with Crippen molar-refractivity contribution >= 4 is 11.8 Å². The Morgan fingerprint density at radius 3 is 2.61 bits per heavy atom. The minimum Gasteiger partial charge on any atom is -0.356 e. The van der Waals surface area contributed by atoms with Gasteiger partial charge >= 0.3 is 0 Å². The molecule has 1 aromatic carbocycles. The molecule has 0 saturated heterocycles. The van der Waals surface area contributed by atoms with Gasteiger partial charge in [0.25, 0.3) is 0 Å². The van der Waals surface area contributed by atoms with Crippen LogP contribution in [0.4, 0.5) is 4.39 Å². The third kappa shape index (κ3) is 6.00. The van der Waals surface area contributed by atoms with Gasteiger partial charge in [0.05, 0.1) is 0 Å². The summed E-state index contributed by atoms with van der Waals surface area (Å²) in [4.78, 5) is 25.0. The van der Waals surface area contributed by atoms with Crippen molar-refractivity contribution in [3.05, 3.63) is 35.6 Å². The van der Waals surface area contributed by atoms with Gasteiger partial charge in [0.15, 0.2) is 0 Å². The van der Waals surface area contributed by atoms with Crippen molar-refractivity contribution in [2.75, 3.05) is 6.54 Å². The molecule has 0 bridgehead atoms. The van der Waals surface area contributed by atoms with Crippen LogP contribution in [0.25, 0.3) is 0 Å². The Kier molecular flexibility index (Phi) is 6.56. The van der Waals surface area contributed by atoms with E-state index >= 15 is 0 Å². The normalized spacial score (nSPS) is 13.7. The number of halogens is 1. The zero-order valence-corrected chi connectivity index (χ0v) is 13.7. The fraction of sp³-hybridized carbons (Fsp3) is 0.556. The highest BCUT2D eigenvalue weighted by atomic mass is 19.1. The highest BCUT2D eigenvalue weighted by Crippen LogP contribution is 2.29. The zero-order chi connectivity index (χ0) is 16.7. The molecule has 126 valence electrons. The highest BCUT2D eigenvalue weighted by Gasteiger charge is 2.32. The van der Waals surface area contributed by atoms with Crippen LogP contribution in [0.1, 0.15) is 51.0 Å². The standard InChI is InChI=1S/C18H25FN2O2/c1-14(22)20-12-6-2-3-9-18(23)21(16-10-11-16)13-15-7-4-5-8-17(15)19/h4-5,7-8,16H,2-3,6,9-13H2,1H3,(H,20,22). The average molecular weight is 320 g/mol. The van der Waals surface area contributed by atoms with Gasteiger partial charge in [-0.1, -0.05) is 24.6 Å². The van der Waals surface area contributed by atoms with Gasteiger partial charge < -0.3 is 10.2 Å². The summed E-state index contributed by atoms with van der Waals surface area (Å²) in [5.74, 6) is -0.164. The monoisotopic (exact) mass is 320 g/mol. The molecule has 0 radical (unpaired) electrons. The predicted octanol–water partition coefficient (Wildman–Crippen LogP) is 3.01. The van der Waals surface area contributed by atoms with Crippen molar-refractivity contribution in [3.8, 4) is 0 Å². The first-order valence-electron chi connectivity index (χ1n) is 8.35. The van der Waals surface area contributed by atoms with Crippen LogP contribution in [0, 0.1) is 5.82 Å². The Morgan fingerprint density at radius 1 is 1.22 bits per heavy atom. The molecular weight excluding hydrogens is 295 g/mol. The minimum absolute atomic E-state index is 0.0223. The van der Waals surface area contributed by atoms with E-state index in [1.54, 1.807) is 18.2 Å². The van der Waals surface area contributed by atoms with Crippen LogP contribution >= 0.6 is 0 Å². The van der Waals surface area contributed by atoms with Crippen molar-refractivity contribution in [3.63, 3.8) is 0 Å². The van der Waals surface area contributed by atoms with Crippen molar-refractivity contribution in [1.29, 1.82) is 0 Å². The molecule has 0 atom stereocenters. The van der Waals surface area contributed by atoms with E-state index in [0.717, 1.165) is 32.1 Å². The van der Waals surface area contributed by atoms with Crippen LogP contribution in [0.5, 0.6) is 0 Å². The molecule has 0 heterocycles. The summed E-state index contributed by atoms with van der Waals surface area (Å²) in [5, 5.41) is 2.75. The third-order valence-corrected chi connectivity index (χ3v) is 4.05. The van der Waals surface area contributed by atoms with E-state index < -0.39 is 0 Å². The van der Waals surface area contributed by atoms with Gasteiger partial charge in [0.1, 0.15) is 5.82 Å². The fourth-order valence-corrected chi connectivity index (χ4v) is 2.60. The number of hydrogen-bond donors (Lipinski definition) is 1. The predicted molar refractivity (Wildman–Crippen MR) is 87.1 cm³/mol. The summed E-state index contributed by atoms with van der Waals surface area (Å²) in [5.41, 5.74) is 0.582. The van der Waals surface area contributed by atoms with Crippen LogP contribution in [-0.4, -0.2) is 29.3 Å². The van der Waals surface area contributed by atoms with Gasteiger partial charge in [-0.3, -0.25) is 9.59 Å². The first-order valence-corrected chi connectivity index (χ1v) is 8.35. The number of nitrogens with zero attached hydrogens (tertiary/aromatic N) is 1. The summed E-state index contributed by atoms with van der Waals surface area (Å²) in [6.07, 6.45) is 5.11. The molecule has 2 amide bonds. The molecule has 2 rings (SSSR count). The lowest BCUT2D eigenvalue weighted by Gasteiger charge is -2.23. The van der Waals surface area contributed by atoms with Crippen LogP contribution in [-0.2, 0) is 16.1 Å². The number of nitrogens with one attached hydrogen (secondary N) is 1. The van der Waals surface area contributed by atoms with Gasteiger partial charge in [-0.05, 0) is 31.7 Å². The summed E-state index contributed by atoms with van der Waals surface area (Å²) < 4.78 is 13.8. The van der Waals surface area contributed by atoms with Crippen LogP contribution in [0.3, 0.4) is 0 Å². The molecule has 23 heavy (non-hydrogen) atoms. The lowest BCUT2D eigenvalue weighted by Crippen LogP contribution is -2.32. The topological polar surface area (TPSA) is 49.4 Å². The Morgan fingerprint density at radius 2 is 1.96 bits per heavy atom. The Hall–Kier alpha value is -1.91. The summed E-state index contributed by atoms with van der Waals surface area (Å²) in [7, 11) is 0. The average Bonchev–Trinajstić information content (AvgIpc) is 3.34. The van der Waals surface area contributed by atoms with E-state index in [9.17, 15) is 14.0 Å². The second kappa shape index (κ2) is 8.65. The molecule has 1 saturated carbocycles. The number of amides is 2. The van der Waals surface area contributed by atoms with Crippen LogP contribution < -0.4 is 5.32 Å². The van der Waals surface area contributed by atoms with E-state index in [2.05, 4.69) is 5.32 Å². The second-order valence-corrected chi connectivity index (χ2v) is 6.14. The highest BCUT2D eigenvalue weighted by molar-refractivity contribution is 5.76. The smallest absolute Gasteiger partial charge is 0.223 e. The van der Waals surface area contributed by atoms with E-state index in [1.807, 2.05) is 4.90 Å². The first-order chi connectivity index (χ1) is 11.1. The minimum atomic E-state index is -0.249. The molecule has 0 aliphatic heterocycles. The van der Waals surface area contributed by atoms with E-state index in [-0.39, 0.29) is 23.7 Å². The van der Waals surface area contributed by atoms with Gasteiger partial charge in [-0.2, -0.15) is 0 Å². The molecule has 5 heteroatoms. The number of carbonyl (C=O) groups excluding carboxylic acids is 2. The Labute approximate surface area is 137 Å². The van der Waals surface area contributed by atoms with Gasteiger partial charge in [-0.25, -0.2) is 4.39 Å². The van der Waals surface area contributed by atoms with Crippen LogP contribution in [0.2, 0.25) is 0 Å². The molecule has 1 N–H and O–H groups in total. The first kappa shape index (κ1) is 17.4. The van der Waals surface area contributed by atoms with E-state index in [0.29, 0.717) is 25.1 Å². The van der Waals surface area contributed by atoms with Gasteiger partial charge in [-0.15, -0.1) is 0 Å². The van der Waals surface area contributed by atoms with Crippen molar-refractivity contribution in [1.82, 2.24) is 10.2 Å². The van der Waals surface area contributed by atoms with E-state index in [4.69, 9.17) is 0 Å². The lowest BCUT2D eigenvalue weighted by atomic mass is 10.1. The number of hydrogen-bond acceptors (Lipinski definition) is 2. The number of benzene rings is 1. The molecule has 4 nitrogen and oxygen atoms in total. The van der Waals surface area contributed by atoms with E-state index in [1.165, 1.54) is 13.0 Å². The molecule has 0 unspecified atom stereocenters. The summed E-state index contributed by atoms with van der Waals surface area (Å²) in [6, 6.07) is 6.92. The maximum absolute atomic E-state index is 13.8. The van der Waals surface area contributed by atoms with Gasteiger partial charge in [0, 0.05) is 38.0 Å². The molecule has 0 spiro atoms. The van der Waals surface area contributed by atoms with Crippen molar-refractivity contribution in [2.45, 2.75) is 58.0 Å². The molecule has 1 fully saturated rings.